The summed E-state index contributed by atoms with van der Waals surface area (Å²) in [4.78, 5) is 5.47. The molecule has 2 aromatic rings. The highest BCUT2D eigenvalue weighted by atomic mass is 79.9. The largest absolute Gasteiger partial charge is 0.327 e. The lowest BCUT2D eigenvalue weighted by molar-refractivity contribution is 0.645. The van der Waals surface area contributed by atoms with Crippen LogP contribution >= 0.6 is 39.0 Å². The van der Waals surface area contributed by atoms with E-state index in [-0.39, 0.29) is 6.04 Å². The number of thiazole rings is 1. The van der Waals surface area contributed by atoms with Crippen molar-refractivity contribution < 1.29 is 0 Å². The van der Waals surface area contributed by atoms with Crippen LogP contribution in [0.4, 0.5) is 0 Å². The molecule has 96 valence electrons. The standard InChI is InChI=1S/C13H15BrN2S2/c1-2-10(15)7-9-3-4-11(8-12(9)14)18-13-16-5-6-17-13/h3-6,8,10H,2,7,15H2,1H3. The van der Waals surface area contributed by atoms with Crippen molar-refractivity contribution in [1.82, 2.24) is 4.98 Å². The summed E-state index contributed by atoms with van der Waals surface area (Å²) in [7, 11) is 0. The van der Waals surface area contributed by atoms with Crippen molar-refractivity contribution in [3.63, 3.8) is 0 Å². The molecule has 0 saturated carbocycles. The Bertz CT molecular complexity index is 500. The Balaban J connectivity index is 2.09. The van der Waals surface area contributed by atoms with Crippen molar-refractivity contribution in [2.24, 2.45) is 5.73 Å². The van der Waals surface area contributed by atoms with Crippen molar-refractivity contribution in [3.05, 3.63) is 39.8 Å². The first-order chi connectivity index (χ1) is 8.69. The van der Waals surface area contributed by atoms with Gasteiger partial charge in [-0.15, -0.1) is 11.3 Å². The first-order valence-corrected chi connectivity index (χ1v) is 8.29. The van der Waals surface area contributed by atoms with Gasteiger partial charge in [0.25, 0.3) is 0 Å². The predicted octanol–water partition coefficient (Wildman–Crippen LogP) is 4.34. The minimum absolute atomic E-state index is 0.235. The van der Waals surface area contributed by atoms with Crippen molar-refractivity contribution in [2.75, 3.05) is 0 Å². The average molecular weight is 343 g/mol. The fourth-order valence-electron chi connectivity index (χ4n) is 1.55. The molecule has 1 aromatic heterocycles. The Labute approximate surface area is 124 Å². The molecule has 0 aliphatic heterocycles. The minimum atomic E-state index is 0.235. The number of hydrogen-bond acceptors (Lipinski definition) is 4. The summed E-state index contributed by atoms with van der Waals surface area (Å²) >= 11 is 6.97. The van der Waals surface area contributed by atoms with Crippen LogP contribution in [0.25, 0.3) is 0 Å². The summed E-state index contributed by atoms with van der Waals surface area (Å²) < 4.78 is 2.20. The number of benzene rings is 1. The van der Waals surface area contributed by atoms with Crippen molar-refractivity contribution in [1.29, 1.82) is 0 Å². The molecule has 0 aliphatic rings. The molecular formula is C13H15BrN2S2. The maximum absolute atomic E-state index is 5.99. The average Bonchev–Trinajstić information content (AvgIpc) is 2.85. The molecule has 18 heavy (non-hydrogen) atoms. The Morgan fingerprint density at radius 2 is 2.33 bits per heavy atom. The van der Waals surface area contributed by atoms with Gasteiger partial charge >= 0.3 is 0 Å². The maximum atomic E-state index is 5.99. The summed E-state index contributed by atoms with van der Waals surface area (Å²) in [6.45, 7) is 2.12. The number of nitrogens with two attached hydrogens (primary N) is 1. The predicted molar refractivity (Wildman–Crippen MR) is 82.3 cm³/mol. The number of nitrogens with zero attached hydrogens (tertiary/aromatic N) is 1. The first kappa shape index (κ1) is 14.1. The lowest BCUT2D eigenvalue weighted by Crippen LogP contribution is -2.21. The Hall–Kier alpha value is -0.360. The minimum Gasteiger partial charge on any atom is -0.327 e. The number of rotatable bonds is 5. The molecule has 1 heterocycles. The quantitative estimate of drug-likeness (QED) is 0.878. The zero-order valence-corrected chi connectivity index (χ0v) is 13.3. The zero-order chi connectivity index (χ0) is 13.0. The van der Waals surface area contributed by atoms with Crippen molar-refractivity contribution in [3.8, 4) is 0 Å². The van der Waals surface area contributed by atoms with Crippen LogP contribution in [0, 0.1) is 0 Å². The second-order valence-electron chi connectivity index (χ2n) is 4.03. The fourth-order valence-corrected chi connectivity index (χ4v) is 3.87. The van der Waals surface area contributed by atoms with E-state index in [9.17, 15) is 0 Å². The van der Waals surface area contributed by atoms with Gasteiger partial charge in [-0.1, -0.05) is 40.7 Å². The molecule has 0 fully saturated rings. The van der Waals surface area contributed by atoms with E-state index >= 15 is 0 Å². The molecule has 2 nitrogen and oxygen atoms in total. The molecule has 0 radical (unpaired) electrons. The van der Waals surface area contributed by atoms with E-state index in [1.54, 1.807) is 23.1 Å². The molecule has 0 spiro atoms. The molecule has 1 atom stereocenters. The van der Waals surface area contributed by atoms with Crippen LogP contribution in [0.2, 0.25) is 0 Å². The molecule has 0 aliphatic carbocycles. The highest BCUT2D eigenvalue weighted by molar-refractivity contribution is 9.10. The van der Waals surface area contributed by atoms with E-state index < -0.39 is 0 Å². The SMILES string of the molecule is CCC(N)Cc1ccc(Sc2nccs2)cc1Br. The molecular weight excluding hydrogens is 328 g/mol. The van der Waals surface area contributed by atoms with E-state index in [4.69, 9.17) is 5.73 Å². The van der Waals surface area contributed by atoms with E-state index in [0.717, 1.165) is 21.7 Å². The summed E-state index contributed by atoms with van der Waals surface area (Å²) in [5, 5.41) is 1.99. The molecule has 0 saturated heterocycles. The summed E-state index contributed by atoms with van der Waals surface area (Å²) in [5.74, 6) is 0. The van der Waals surface area contributed by atoms with E-state index in [0.29, 0.717) is 0 Å². The van der Waals surface area contributed by atoms with Gasteiger partial charge in [-0.3, -0.25) is 0 Å². The number of halogens is 1. The summed E-state index contributed by atoms with van der Waals surface area (Å²) in [6.07, 6.45) is 3.75. The lowest BCUT2D eigenvalue weighted by atomic mass is 10.1. The van der Waals surface area contributed by atoms with Crippen molar-refractivity contribution in [2.45, 2.75) is 35.0 Å². The van der Waals surface area contributed by atoms with Gasteiger partial charge in [0.1, 0.15) is 0 Å². The van der Waals surface area contributed by atoms with E-state index in [2.05, 4.69) is 46.0 Å². The van der Waals surface area contributed by atoms with Crippen LogP contribution in [-0.2, 0) is 6.42 Å². The Morgan fingerprint density at radius 1 is 1.50 bits per heavy atom. The van der Waals surface area contributed by atoms with Gasteiger partial charge in [-0.05, 0) is 30.5 Å². The first-order valence-electron chi connectivity index (χ1n) is 5.80. The molecule has 0 bridgehead atoms. The second kappa shape index (κ2) is 6.70. The van der Waals surface area contributed by atoms with Gasteiger partial charge in [0.15, 0.2) is 4.34 Å². The molecule has 5 heteroatoms. The highest BCUT2D eigenvalue weighted by Crippen LogP contribution is 2.32. The van der Waals surface area contributed by atoms with E-state index in [1.165, 1.54) is 10.5 Å². The van der Waals surface area contributed by atoms with Crippen LogP contribution < -0.4 is 5.73 Å². The van der Waals surface area contributed by atoms with Gasteiger partial charge in [0, 0.05) is 27.0 Å². The van der Waals surface area contributed by atoms with Gasteiger partial charge in [0.2, 0.25) is 0 Å². The lowest BCUT2D eigenvalue weighted by Gasteiger charge is -2.11. The molecule has 2 rings (SSSR count). The normalized spacial score (nSPS) is 12.6. The Morgan fingerprint density at radius 3 is 2.94 bits per heavy atom. The highest BCUT2D eigenvalue weighted by Gasteiger charge is 2.07. The third kappa shape index (κ3) is 3.82. The topological polar surface area (TPSA) is 38.9 Å². The van der Waals surface area contributed by atoms with Gasteiger partial charge in [-0.25, -0.2) is 4.98 Å². The molecule has 1 unspecified atom stereocenters. The number of hydrogen-bond donors (Lipinski definition) is 1. The van der Waals surface area contributed by atoms with Crippen LogP contribution in [0.15, 0.2) is 43.5 Å². The maximum Gasteiger partial charge on any atom is 0.154 e. The smallest absolute Gasteiger partial charge is 0.154 e. The second-order valence-corrected chi connectivity index (χ2v) is 7.10. The number of aromatic nitrogens is 1. The van der Waals surface area contributed by atoms with Crippen molar-refractivity contribution >= 4 is 39.0 Å². The van der Waals surface area contributed by atoms with Gasteiger partial charge in [-0.2, -0.15) is 0 Å². The summed E-state index contributed by atoms with van der Waals surface area (Å²) in [5.41, 5.74) is 7.26. The molecule has 2 N–H and O–H groups in total. The van der Waals surface area contributed by atoms with Crippen LogP contribution in [0.3, 0.4) is 0 Å². The zero-order valence-electron chi connectivity index (χ0n) is 10.1. The molecule has 0 amide bonds. The third-order valence-corrected chi connectivity index (χ3v) is 5.26. The monoisotopic (exact) mass is 342 g/mol. The fraction of sp³-hybridized carbons (Fsp3) is 0.308. The van der Waals surface area contributed by atoms with Gasteiger partial charge < -0.3 is 5.73 Å². The van der Waals surface area contributed by atoms with Crippen LogP contribution in [0.1, 0.15) is 18.9 Å². The van der Waals surface area contributed by atoms with Crippen LogP contribution in [0.5, 0.6) is 0 Å². The summed E-state index contributed by atoms with van der Waals surface area (Å²) in [6, 6.07) is 6.66. The Kier molecular flexibility index (Phi) is 5.24. The molecule has 1 aromatic carbocycles. The third-order valence-electron chi connectivity index (χ3n) is 2.65. The van der Waals surface area contributed by atoms with Crippen LogP contribution in [-0.4, -0.2) is 11.0 Å². The van der Waals surface area contributed by atoms with E-state index in [1.807, 2.05) is 11.6 Å². The van der Waals surface area contributed by atoms with Gasteiger partial charge in [0.05, 0.1) is 0 Å².